The smallest absolute Gasteiger partial charge is 0.330 e. The number of hydrogen-bond donors (Lipinski definition) is 0. The van der Waals surface area contributed by atoms with Crippen molar-refractivity contribution in [2.75, 3.05) is 7.11 Å². The van der Waals surface area contributed by atoms with Gasteiger partial charge in [-0.3, -0.25) is 0 Å². The lowest BCUT2D eigenvalue weighted by Crippen LogP contribution is -2.00. The van der Waals surface area contributed by atoms with E-state index in [9.17, 15) is 13.6 Å². The van der Waals surface area contributed by atoms with Gasteiger partial charge in [0.15, 0.2) is 0 Å². The molecular formula is C6H8F2O2. The molecule has 0 fully saturated rings. The molecule has 2 nitrogen and oxygen atoms in total. The fourth-order valence-electron chi connectivity index (χ4n) is 0.308. The van der Waals surface area contributed by atoms with E-state index in [4.69, 9.17) is 0 Å². The second-order valence-corrected chi connectivity index (χ2v) is 1.71. The van der Waals surface area contributed by atoms with E-state index < -0.39 is 12.4 Å². The summed E-state index contributed by atoms with van der Waals surface area (Å²) in [4.78, 5) is 10.3. The van der Waals surface area contributed by atoms with Crippen LogP contribution < -0.4 is 0 Å². The maximum atomic E-state index is 11.6. The number of carbonyl (C=O) groups is 1. The van der Waals surface area contributed by atoms with Crippen LogP contribution in [0.3, 0.4) is 0 Å². The lowest BCUT2D eigenvalue weighted by molar-refractivity contribution is -0.135. The second kappa shape index (κ2) is 3.98. The molecule has 0 aromatic rings. The number of alkyl halides is 2. The lowest BCUT2D eigenvalue weighted by atomic mass is 10.3. The quantitative estimate of drug-likeness (QED) is 0.439. The van der Waals surface area contributed by atoms with Crippen molar-refractivity contribution in [1.82, 2.24) is 0 Å². The van der Waals surface area contributed by atoms with Crippen molar-refractivity contribution in [3.8, 4) is 0 Å². The van der Waals surface area contributed by atoms with Crippen LogP contribution in [0.2, 0.25) is 0 Å². The molecule has 0 aliphatic carbocycles. The van der Waals surface area contributed by atoms with Gasteiger partial charge in [0.1, 0.15) is 0 Å². The SMILES string of the molecule is COC(=O)C=C(C)C(F)F. The zero-order chi connectivity index (χ0) is 8.15. The minimum absolute atomic E-state index is 0.285. The number of rotatable bonds is 2. The minimum atomic E-state index is -2.58. The number of hydrogen-bond acceptors (Lipinski definition) is 2. The van der Waals surface area contributed by atoms with Gasteiger partial charge in [0.25, 0.3) is 6.43 Å². The van der Waals surface area contributed by atoms with Gasteiger partial charge in [-0.15, -0.1) is 0 Å². The lowest BCUT2D eigenvalue weighted by Gasteiger charge is -1.96. The summed E-state index contributed by atoms with van der Waals surface area (Å²) < 4.78 is 27.4. The van der Waals surface area contributed by atoms with Gasteiger partial charge in [0.2, 0.25) is 0 Å². The summed E-state index contributed by atoms with van der Waals surface area (Å²) in [6.45, 7) is 1.17. The van der Waals surface area contributed by atoms with E-state index in [1.54, 1.807) is 0 Å². The molecule has 0 aromatic heterocycles. The number of methoxy groups -OCH3 is 1. The molecule has 0 aromatic carbocycles. The van der Waals surface area contributed by atoms with Crippen molar-refractivity contribution < 1.29 is 18.3 Å². The summed E-state index contributed by atoms with van der Waals surface area (Å²) in [7, 11) is 1.14. The first-order chi connectivity index (χ1) is 4.57. The van der Waals surface area contributed by atoms with Gasteiger partial charge in [-0.25, -0.2) is 13.6 Å². The molecule has 0 amide bonds. The van der Waals surface area contributed by atoms with Crippen LogP contribution in [-0.4, -0.2) is 19.5 Å². The molecule has 0 bridgehead atoms. The van der Waals surface area contributed by atoms with E-state index in [1.807, 2.05) is 0 Å². The van der Waals surface area contributed by atoms with E-state index in [-0.39, 0.29) is 5.57 Å². The summed E-state index contributed by atoms with van der Waals surface area (Å²) in [5.74, 6) is -0.752. The predicted octanol–water partition coefficient (Wildman–Crippen LogP) is 1.37. The van der Waals surface area contributed by atoms with Crippen molar-refractivity contribution in [3.05, 3.63) is 11.6 Å². The highest BCUT2D eigenvalue weighted by atomic mass is 19.3. The number of halogens is 2. The van der Waals surface area contributed by atoms with Crippen molar-refractivity contribution in [2.24, 2.45) is 0 Å². The monoisotopic (exact) mass is 150 g/mol. The molecule has 0 heterocycles. The van der Waals surface area contributed by atoms with Crippen LogP contribution >= 0.6 is 0 Å². The van der Waals surface area contributed by atoms with Crippen LogP contribution in [0.5, 0.6) is 0 Å². The Morgan fingerprint density at radius 2 is 2.10 bits per heavy atom. The molecule has 0 aliphatic heterocycles. The Morgan fingerprint density at radius 3 is 2.40 bits per heavy atom. The number of esters is 1. The van der Waals surface area contributed by atoms with E-state index >= 15 is 0 Å². The van der Waals surface area contributed by atoms with E-state index in [1.165, 1.54) is 6.92 Å². The molecule has 0 saturated heterocycles. The van der Waals surface area contributed by atoms with E-state index in [0.717, 1.165) is 13.2 Å². The summed E-state index contributed by atoms with van der Waals surface area (Å²) in [6, 6.07) is 0. The van der Waals surface area contributed by atoms with Crippen molar-refractivity contribution >= 4 is 5.97 Å². The summed E-state index contributed by atoms with van der Waals surface area (Å²) >= 11 is 0. The third kappa shape index (κ3) is 3.17. The van der Waals surface area contributed by atoms with Gasteiger partial charge >= 0.3 is 5.97 Å². The molecule has 0 saturated carbocycles. The molecule has 10 heavy (non-hydrogen) atoms. The summed E-state index contributed by atoms with van der Waals surface area (Å²) in [6.07, 6.45) is -1.82. The number of carbonyl (C=O) groups excluding carboxylic acids is 1. The van der Waals surface area contributed by atoms with Crippen LogP contribution in [0.15, 0.2) is 11.6 Å². The fourth-order valence-corrected chi connectivity index (χ4v) is 0.308. The first-order valence-corrected chi connectivity index (χ1v) is 2.62. The molecule has 0 atom stereocenters. The molecule has 0 radical (unpaired) electrons. The van der Waals surface area contributed by atoms with Gasteiger partial charge in [-0.1, -0.05) is 0 Å². The Labute approximate surface area is 57.5 Å². The molecule has 0 spiro atoms. The highest BCUT2D eigenvalue weighted by Gasteiger charge is 2.06. The zero-order valence-corrected chi connectivity index (χ0v) is 5.73. The maximum absolute atomic E-state index is 11.6. The zero-order valence-electron chi connectivity index (χ0n) is 5.73. The van der Waals surface area contributed by atoms with Crippen LogP contribution in [0.4, 0.5) is 8.78 Å². The Balaban J connectivity index is 4.03. The summed E-state index contributed by atoms with van der Waals surface area (Å²) in [5, 5.41) is 0. The minimum Gasteiger partial charge on any atom is -0.466 e. The van der Waals surface area contributed by atoms with Crippen LogP contribution in [-0.2, 0) is 9.53 Å². The molecule has 0 rings (SSSR count). The van der Waals surface area contributed by atoms with E-state index in [2.05, 4.69) is 4.74 Å². The standard InChI is InChI=1S/C6H8F2O2/c1-4(6(7)8)3-5(9)10-2/h3,6H,1-2H3. The molecule has 0 unspecified atom stereocenters. The van der Waals surface area contributed by atoms with Crippen molar-refractivity contribution in [3.63, 3.8) is 0 Å². The highest BCUT2D eigenvalue weighted by Crippen LogP contribution is 2.06. The van der Waals surface area contributed by atoms with Gasteiger partial charge in [-0.2, -0.15) is 0 Å². The average molecular weight is 150 g/mol. The Kier molecular flexibility index (Phi) is 3.61. The highest BCUT2D eigenvalue weighted by molar-refractivity contribution is 5.82. The Hall–Kier alpha value is -0.930. The molecule has 0 N–H and O–H groups in total. The topological polar surface area (TPSA) is 26.3 Å². The van der Waals surface area contributed by atoms with Gasteiger partial charge < -0.3 is 4.74 Å². The third-order valence-electron chi connectivity index (χ3n) is 0.891. The fraction of sp³-hybridized carbons (Fsp3) is 0.500. The van der Waals surface area contributed by atoms with E-state index in [0.29, 0.717) is 0 Å². The van der Waals surface area contributed by atoms with Crippen LogP contribution in [0.1, 0.15) is 6.92 Å². The number of allylic oxidation sites excluding steroid dienone is 1. The van der Waals surface area contributed by atoms with Gasteiger partial charge in [0.05, 0.1) is 7.11 Å². The van der Waals surface area contributed by atoms with Gasteiger partial charge in [-0.05, 0) is 12.5 Å². The normalized spacial score (nSPS) is 11.9. The van der Waals surface area contributed by atoms with Crippen LogP contribution in [0, 0.1) is 0 Å². The molecular weight excluding hydrogens is 142 g/mol. The Bertz CT molecular complexity index is 152. The summed E-state index contributed by atoms with van der Waals surface area (Å²) in [5.41, 5.74) is -0.285. The molecule has 58 valence electrons. The number of ether oxygens (including phenoxy) is 1. The van der Waals surface area contributed by atoms with Crippen molar-refractivity contribution in [1.29, 1.82) is 0 Å². The third-order valence-corrected chi connectivity index (χ3v) is 0.891. The first-order valence-electron chi connectivity index (χ1n) is 2.62. The van der Waals surface area contributed by atoms with Crippen molar-refractivity contribution in [2.45, 2.75) is 13.3 Å². The van der Waals surface area contributed by atoms with Gasteiger partial charge in [0, 0.05) is 6.08 Å². The van der Waals surface area contributed by atoms with Crippen LogP contribution in [0.25, 0.3) is 0 Å². The predicted molar refractivity (Wildman–Crippen MR) is 31.8 cm³/mol. The first kappa shape index (κ1) is 9.07. The largest absolute Gasteiger partial charge is 0.466 e. The molecule has 4 heteroatoms. The average Bonchev–Trinajstić information content (AvgIpc) is 1.87. The Morgan fingerprint density at radius 1 is 1.60 bits per heavy atom. The maximum Gasteiger partial charge on any atom is 0.330 e. The molecule has 0 aliphatic rings. The second-order valence-electron chi connectivity index (χ2n) is 1.71.